The minimum Gasteiger partial charge on any atom is -0.456 e. The van der Waals surface area contributed by atoms with Crippen molar-refractivity contribution in [3.05, 3.63) is 98.3 Å². The first-order valence-electron chi connectivity index (χ1n) is 13.4. The third-order valence-corrected chi connectivity index (χ3v) is 11.1. The Bertz CT molecular complexity index is 1820. The van der Waals surface area contributed by atoms with Gasteiger partial charge in [0.05, 0.1) is 62.4 Å². The van der Waals surface area contributed by atoms with E-state index in [2.05, 4.69) is 0 Å². The van der Waals surface area contributed by atoms with Crippen molar-refractivity contribution in [3.8, 4) is 0 Å². The average Bonchev–Trinajstić information content (AvgIpc) is 3.47. The number of amides is 4. The number of rotatable bonds is 10. The molecule has 0 saturated heterocycles. The predicted octanol–water partition coefficient (Wildman–Crippen LogP) is 8.77. The molecule has 3 aromatic carbocycles. The standard InChI is InChI=1S/C30H16Cl8N2O7/c31-18-14-15(19(32)23(36)22(18)35)27(43)39(26(14)42)9-5-4-8-12(30(46)47-10-13(41)11-6-2-1-3-7-11)40-28(44)16-17(29(40)45)21(34)25(38)24(37)20(16)33/h1-3,6-7,12H,4-5,8-10H2/t12-/m1/s1. The van der Waals surface area contributed by atoms with Crippen molar-refractivity contribution in [2.75, 3.05) is 13.2 Å². The number of halogens is 8. The molecular weight excluding hydrogens is 784 g/mol. The van der Waals surface area contributed by atoms with Gasteiger partial charge in [-0.05, 0) is 19.3 Å². The summed E-state index contributed by atoms with van der Waals surface area (Å²) in [4.78, 5) is 80.9. The van der Waals surface area contributed by atoms with Gasteiger partial charge in [0.2, 0.25) is 0 Å². The maximum atomic E-state index is 13.6. The van der Waals surface area contributed by atoms with Crippen LogP contribution in [0.3, 0.4) is 0 Å². The zero-order valence-electron chi connectivity index (χ0n) is 23.3. The van der Waals surface area contributed by atoms with E-state index in [1.165, 1.54) is 12.1 Å². The average molecular weight is 800 g/mol. The Kier molecular flexibility index (Phi) is 10.7. The molecule has 2 aliphatic heterocycles. The zero-order chi connectivity index (χ0) is 34.5. The molecule has 244 valence electrons. The van der Waals surface area contributed by atoms with E-state index in [4.69, 9.17) is 97.5 Å². The summed E-state index contributed by atoms with van der Waals surface area (Å²) in [6.07, 6.45) is -0.0841. The van der Waals surface area contributed by atoms with Crippen molar-refractivity contribution < 1.29 is 33.5 Å². The van der Waals surface area contributed by atoms with Crippen LogP contribution in [0, 0.1) is 0 Å². The highest BCUT2D eigenvalue weighted by Gasteiger charge is 2.47. The summed E-state index contributed by atoms with van der Waals surface area (Å²) in [7, 11) is 0. The first-order chi connectivity index (χ1) is 22.2. The highest BCUT2D eigenvalue weighted by Crippen LogP contribution is 2.46. The number of carbonyl (C=O) groups excluding carboxylic acids is 6. The molecule has 0 N–H and O–H groups in total. The summed E-state index contributed by atoms with van der Waals surface area (Å²) in [6, 6.07) is 6.41. The minimum absolute atomic E-state index is 0.0547. The number of esters is 1. The number of benzene rings is 3. The van der Waals surface area contributed by atoms with Gasteiger partial charge in [-0.2, -0.15) is 0 Å². The Hall–Kier alpha value is -2.60. The minimum atomic E-state index is -1.58. The van der Waals surface area contributed by atoms with Crippen molar-refractivity contribution in [1.29, 1.82) is 0 Å². The highest BCUT2D eigenvalue weighted by molar-refractivity contribution is 6.56. The van der Waals surface area contributed by atoms with Gasteiger partial charge in [0.1, 0.15) is 6.04 Å². The third kappa shape index (κ3) is 6.22. The van der Waals surface area contributed by atoms with E-state index in [1.54, 1.807) is 18.2 Å². The normalized spacial score (nSPS) is 14.6. The molecule has 0 aromatic heterocycles. The van der Waals surface area contributed by atoms with E-state index in [-0.39, 0.29) is 93.8 Å². The van der Waals surface area contributed by atoms with Crippen molar-refractivity contribution in [2.24, 2.45) is 0 Å². The third-order valence-electron chi connectivity index (χ3n) is 7.45. The summed E-state index contributed by atoms with van der Waals surface area (Å²) >= 11 is 49.3. The molecule has 0 bridgehead atoms. The number of fused-ring (bicyclic) bond motifs is 2. The van der Waals surface area contributed by atoms with Gasteiger partial charge < -0.3 is 4.74 Å². The summed E-state index contributed by atoms with van der Waals surface area (Å²) in [5.41, 5.74) is -0.836. The molecule has 47 heavy (non-hydrogen) atoms. The second kappa shape index (κ2) is 14.1. The van der Waals surface area contributed by atoms with Crippen LogP contribution in [0.4, 0.5) is 0 Å². The zero-order valence-corrected chi connectivity index (χ0v) is 29.3. The van der Waals surface area contributed by atoms with Crippen molar-refractivity contribution in [3.63, 3.8) is 0 Å². The molecule has 2 heterocycles. The van der Waals surface area contributed by atoms with Crippen molar-refractivity contribution >= 4 is 128 Å². The van der Waals surface area contributed by atoms with Crippen LogP contribution in [0.15, 0.2) is 30.3 Å². The van der Waals surface area contributed by atoms with Crippen LogP contribution in [0.1, 0.15) is 71.1 Å². The first-order valence-corrected chi connectivity index (χ1v) is 16.4. The SMILES string of the molecule is O=C(COC(=O)[C@@H](CCCCN1C(=O)c2c(Cl)c(Cl)c(Cl)c(Cl)c2C1=O)N1C(=O)c2c(Cl)c(Cl)c(Cl)c(Cl)c2C1=O)c1ccccc1. The largest absolute Gasteiger partial charge is 0.456 e. The van der Waals surface area contributed by atoms with Crippen LogP contribution in [0.5, 0.6) is 0 Å². The monoisotopic (exact) mass is 796 g/mol. The molecule has 0 saturated carbocycles. The number of carbonyl (C=O) groups is 6. The Morgan fingerprint density at radius 2 is 1.02 bits per heavy atom. The molecule has 5 rings (SSSR count). The number of ketones is 1. The lowest BCUT2D eigenvalue weighted by molar-refractivity contribution is -0.147. The molecule has 9 nitrogen and oxygen atoms in total. The number of hydrogen-bond acceptors (Lipinski definition) is 7. The summed E-state index contributed by atoms with van der Waals surface area (Å²) in [6.45, 7) is -0.864. The fourth-order valence-electron chi connectivity index (χ4n) is 5.15. The van der Waals surface area contributed by atoms with E-state index >= 15 is 0 Å². The molecule has 0 aliphatic carbocycles. The van der Waals surface area contributed by atoms with Crippen LogP contribution in [-0.4, -0.2) is 64.4 Å². The van der Waals surface area contributed by atoms with E-state index in [9.17, 15) is 28.8 Å². The molecule has 3 aromatic rings. The van der Waals surface area contributed by atoms with Gasteiger partial charge in [0.15, 0.2) is 12.4 Å². The second-order valence-corrected chi connectivity index (χ2v) is 13.2. The lowest BCUT2D eigenvalue weighted by Gasteiger charge is -2.25. The first kappa shape index (κ1) is 35.7. The molecule has 0 spiro atoms. The maximum absolute atomic E-state index is 13.6. The number of nitrogens with zero attached hydrogens (tertiary/aromatic N) is 2. The Morgan fingerprint density at radius 3 is 1.47 bits per heavy atom. The summed E-state index contributed by atoms with van der Waals surface area (Å²) < 4.78 is 5.27. The summed E-state index contributed by atoms with van der Waals surface area (Å²) in [5.74, 6) is -5.13. The smallest absolute Gasteiger partial charge is 0.329 e. The van der Waals surface area contributed by atoms with Gasteiger partial charge in [-0.25, -0.2) is 4.79 Å². The molecule has 17 heteroatoms. The van der Waals surface area contributed by atoms with Gasteiger partial charge in [-0.3, -0.25) is 33.8 Å². The van der Waals surface area contributed by atoms with E-state index in [0.29, 0.717) is 4.90 Å². The lowest BCUT2D eigenvalue weighted by Crippen LogP contribution is -2.46. The van der Waals surface area contributed by atoms with Gasteiger partial charge in [0.25, 0.3) is 23.6 Å². The van der Waals surface area contributed by atoms with Gasteiger partial charge in [-0.15, -0.1) is 0 Å². The second-order valence-electron chi connectivity index (χ2n) is 10.2. The van der Waals surface area contributed by atoms with Crippen molar-refractivity contribution in [1.82, 2.24) is 9.80 Å². The Labute approximate surface area is 306 Å². The number of Topliss-reactive ketones (excluding diaryl/α,β-unsaturated/α-hetero) is 1. The molecule has 0 fully saturated rings. The highest BCUT2D eigenvalue weighted by atomic mass is 35.5. The fourth-order valence-corrected chi connectivity index (χ4v) is 7.18. The predicted molar refractivity (Wildman–Crippen MR) is 178 cm³/mol. The van der Waals surface area contributed by atoms with Crippen LogP contribution in [0.25, 0.3) is 0 Å². The van der Waals surface area contributed by atoms with Gasteiger partial charge in [-0.1, -0.05) is 123 Å². The van der Waals surface area contributed by atoms with Crippen LogP contribution >= 0.6 is 92.8 Å². The molecule has 0 unspecified atom stereocenters. The molecule has 1 atom stereocenters. The quantitative estimate of drug-likeness (QED) is 0.0503. The van der Waals surface area contributed by atoms with Crippen LogP contribution in [-0.2, 0) is 9.53 Å². The fraction of sp³-hybridized carbons (Fsp3) is 0.200. The van der Waals surface area contributed by atoms with Crippen molar-refractivity contribution in [2.45, 2.75) is 25.3 Å². The van der Waals surface area contributed by atoms with Gasteiger partial charge >= 0.3 is 5.97 Å². The molecule has 2 aliphatic rings. The number of hydrogen-bond donors (Lipinski definition) is 0. The molecule has 4 amide bonds. The number of ether oxygens (including phenoxy) is 1. The lowest BCUT2D eigenvalue weighted by atomic mass is 10.1. The van der Waals surface area contributed by atoms with Crippen LogP contribution < -0.4 is 0 Å². The molecule has 0 radical (unpaired) electrons. The summed E-state index contributed by atoms with van der Waals surface area (Å²) in [5, 5.41) is -2.04. The van der Waals surface area contributed by atoms with E-state index < -0.39 is 48.0 Å². The topological polar surface area (TPSA) is 118 Å². The van der Waals surface area contributed by atoms with Gasteiger partial charge in [0, 0.05) is 12.1 Å². The maximum Gasteiger partial charge on any atom is 0.329 e. The number of unbranched alkanes of at least 4 members (excludes halogenated alkanes) is 1. The van der Waals surface area contributed by atoms with E-state index in [1.807, 2.05) is 0 Å². The molecular formula is C30H16Cl8N2O7. The Balaban J connectivity index is 1.36. The Morgan fingerprint density at radius 1 is 0.596 bits per heavy atom. The number of imide groups is 2. The van der Waals surface area contributed by atoms with Crippen LogP contribution in [0.2, 0.25) is 40.2 Å². The van der Waals surface area contributed by atoms with E-state index in [0.717, 1.165) is 4.90 Å².